The summed E-state index contributed by atoms with van der Waals surface area (Å²) in [7, 11) is 0. The van der Waals surface area contributed by atoms with Gasteiger partial charge in [0, 0.05) is 0 Å². The summed E-state index contributed by atoms with van der Waals surface area (Å²) in [6, 6.07) is 0. The monoisotopic (exact) mass is 103 g/mol. The van der Waals surface area contributed by atoms with Crippen LogP contribution in [0.3, 0.4) is 0 Å². The van der Waals surface area contributed by atoms with Gasteiger partial charge in [-0.1, -0.05) is 20.8 Å². The summed E-state index contributed by atoms with van der Waals surface area (Å²) in [6.07, 6.45) is 0. The van der Waals surface area contributed by atoms with Crippen molar-refractivity contribution < 1.29 is 10.2 Å². The van der Waals surface area contributed by atoms with E-state index in [1.807, 2.05) is 0 Å². The highest BCUT2D eigenvalue weighted by atomic mass is 16.5. The zero-order chi connectivity index (χ0) is 6.08. The third kappa shape index (κ3) is 2.60. The van der Waals surface area contributed by atoms with Crippen molar-refractivity contribution in [2.75, 3.05) is 0 Å². The van der Waals surface area contributed by atoms with Gasteiger partial charge in [-0.25, -0.2) is 0 Å². The minimum absolute atomic E-state index is 0.201. The largest absolute Gasteiger partial charge is 0.829 e. The molecule has 0 fully saturated rings. The van der Waals surface area contributed by atoms with E-state index in [2.05, 4.69) is 0 Å². The van der Waals surface area contributed by atoms with Crippen molar-refractivity contribution in [3.05, 3.63) is 0 Å². The quantitative estimate of drug-likeness (QED) is 0.463. The second-order valence-electron chi connectivity index (χ2n) is 2.21. The highest BCUT2D eigenvalue weighted by Crippen LogP contribution is 2.05. The van der Waals surface area contributed by atoms with Crippen molar-refractivity contribution in [2.45, 2.75) is 26.6 Å². The lowest BCUT2D eigenvalue weighted by molar-refractivity contribution is -0.553. The molecule has 0 bridgehead atoms. The second-order valence-corrected chi connectivity index (χ2v) is 2.21. The lowest BCUT2D eigenvalue weighted by Gasteiger charge is -2.33. The fourth-order valence-corrected chi connectivity index (χ4v) is 0. The van der Waals surface area contributed by atoms with Crippen LogP contribution in [0.1, 0.15) is 20.8 Å². The second kappa shape index (κ2) is 1.80. The molecule has 0 aromatic heterocycles. The first-order chi connectivity index (χ1) is 2.94. The van der Waals surface area contributed by atoms with Crippen LogP contribution in [-0.2, 0) is 0 Å². The van der Waals surface area contributed by atoms with Crippen LogP contribution < -0.4 is 5.11 Å². The van der Waals surface area contributed by atoms with Gasteiger partial charge in [-0.2, -0.15) is 0 Å². The Morgan fingerprint density at radius 2 is 1.71 bits per heavy atom. The van der Waals surface area contributed by atoms with Crippen molar-refractivity contribution >= 4 is 0 Å². The van der Waals surface area contributed by atoms with Gasteiger partial charge >= 0.3 is 0 Å². The van der Waals surface area contributed by atoms with Crippen molar-refractivity contribution in [3.63, 3.8) is 0 Å². The lowest BCUT2D eigenvalue weighted by atomic mass is 10.1. The Morgan fingerprint density at radius 3 is 1.71 bits per heavy atom. The van der Waals surface area contributed by atoms with Crippen LogP contribution in [0.4, 0.5) is 0 Å². The summed E-state index contributed by atoms with van der Waals surface area (Å²) in [6.45, 7) is 4.64. The van der Waals surface area contributed by atoms with Gasteiger partial charge in [0.2, 0.25) is 0 Å². The molecule has 0 aliphatic heterocycles. The summed E-state index contributed by atoms with van der Waals surface area (Å²) in [5.41, 5.74) is 0. The molecule has 0 spiro atoms. The maximum atomic E-state index is 10.4. The molecule has 0 saturated heterocycles. The third-order valence-electron chi connectivity index (χ3n) is 1.07. The number of rotatable bonds is 1. The van der Waals surface area contributed by atoms with E-state index in [1.165, 1.54) is 6.92 Å². The zero-order valence-corrected chi connectivity index (χ0v) is 4.93. The molecule has 2 nitrogen and oxygen atoms in total. The smallest absolute Gasteiger partial charge is 0.0107 e. The third-order valence-corrected chi connectivity index (χ3v) is 1.07. The summed E-state index contributed by atoms with van der Waals surface area (Å²) >= 11 is 0. The van der Waals surface area contributed by atoms with Gasteiger partial charge in [-0.15, -0.1) is 0 Å². The molecule has 0 heterocycles. The Labute approximate surface area is 43.8 Å². The Bertz CT molecular complexity index is 51.6. The van der Waals surface area contributed by atoms with Crippen molar-refractivity contribution in [1.29, 1.82) is 0 Å². The molecule has 0 rings (SSSR count). The van der Waals surface area contributed by atoms with Gasteiger partial charge in [-0.05, 0) is 11.7 Å². The average molecular weight is 103 g/mol. The molecular formula is C5H11O2-. The van der Waals surface area contributed by atoms with Crippen LogP contribution >= 0.6 is 0 Å². The normalized spacial score (nSPS) is 19.7. The Morgan fingerprint density at radius 1 is 1.57 bits per heavy atom. The van der Waals surface area contributed by atoms with Crippen LogP contribution in [-0.4, -0.2) is 10.9 Å². The highest BCUT2D eigenvalue weighted by molar-refractivity contribution is 4.57. The SMILES string of the molecule is CC(C)C(C)([O-])O. The van der Waals surface area contributed by atoms with Crippen molar-refractivity contribution in [2.24, 2.45) is 5.92 Å². The van der Waals surface area contributed by atoms with E-state index in [4.69, 9.17) is 5.11 Å². The summed E-state index contributed by atoms with van der Waals surface area (Å²) in [5, 5.41) is 18.9. The van der Waals surface area contributed by atoms with Crippen LogP contribution in [0.25, 0.3) is 0 Å². The van der Waals surface area contributed by atoms with Crippen molar-refractivity contribution in [1.82, 2.24) is 0 Å². The summed E-state index contributed by atoms with van der Waals surface area (Å²) < 4.78 is 0. The first-order valence-corrected chi connectivity index (χ1v) is 2.37. The maximum Gasteiger partial charge on any atom is -0.0107 e. The van der Waals surface area contributed by atoms with E-state index < -0.39 is 5.79 Å². The van der Waals surface area contributed by atoms with E-state index in [9.17, 15) is 5.11 Å². The number of aliphatic hydroxyl groups is 1. The summed E-state index contributed by atoms with van der Waals surface area (Å²) in [5.74, 6) is -1.95. The van der Waals surface area contributed by atoms with Gasteiger partial charge in [0.15, 0.2) is 0 Å². The van der Waals surface area contributed by atoms with Crippen LogP contribution in [0.5, 0.6) is 0 Å². The molecule has 1 unspecified atom stereocenters. The molecule has 0 radical (unpaired) electrons. The molecule has 0 aromatic carbocycles. The molecule has 0 aliphatic carbocycles. The molecule has 0 amide bonds. The standard InChI is InChI=1S/C5H11O2/c1-4(2)5(3,6)7/h4,6H,1-3H3/q-1. The van der Waals surface area contributed by atoms with Gasteiger partial charge in [-0.3, -0.25) is 0 Å². The Balaban J connectivity index is 3.54. The van der Waals surface area contributed by atoms with E-state index in [-0.39, 0.29) is 5.92 Å². The Kier molecular flexibility index (Phi) is 1.78. The molecule has 7 heavy (non-hydrogen) atoms. The van der Waals surface area contributed by atoms with Gasteiger partial charge < -0.3 is 10.2 Å². The van der Waals surface area contributed by atoms with E-state index in [0.717, 1.165) is 0 Å². The van der Waals surface area contributed by atoms with Gasteiger partial charge in [0.1, 0.15) is 0 Å². The van der Waals surface area contributed by atoms with E-state index >= 15 is 0 Å². The number of hydrogen-bond acceptors (Lipinski definition) is 2. The van der Waals surface area contributed by atoms with Crippen molar-refractivity contribution in [3.8, 4) is 0 Å². The van der Waals surface area contributed by atoms with Crippen LogP contribution in [0, 0.1) is 5.92 Å². The Hall–Kier alpha value is -0.0800. The molecule has 1 atom stereocenters. The predicted octanol–water partition coefficient (Wildman–Crippen LogP) is -0.289. The highest BCUT2D eigenvalue weighted by Gasteiger charge is 2.07. The molecule has 2 heteroatoms. The van der Waals surface area contributed by atoms with Gasteiger partial charge in [0.25, 0.3) is 0 Å². The van der Waals surface area contributed by atoms with Crippen LogP contribution in [0.15, 0.2) is 0 Å². The molecule has 44 valence electrons. The first kappa shape index (κ1) is 6.92. The summed E-state index contributed by atoms with van der Waals surface area (Å²) in [4.78, 5) is 0. The van der Waals surface area contributed by atoms with E-state index in [1.54, 1.807) is 13.8 Å². The maximum absolute atomic E-state index is 10.4. The molecule has 0 saturated carbocycles. The topological polar surface area (TPSA) is 43.3 Å². The predicted molar refractivity (Wildman–Crippen MR) is 25.5 cm³/mol. The zero-order valence-electron chi connectivity index (χ0n) is 4.93. The van der Waals surface area contributed by atoms with Crippen LogP contribution in [0.2, 0.25) is 0 Å². The molecular weight excluding hydrogens is 92.1 g/mol. The molecule has 0 aliphatic rings. The minimum Gasteiger partial charge on any atom is -0.829 e. The molecule has 0 aromatic rings. The first-order valence-electron chi connectivity index (χ1n) is 2.37. The molecule has 1 N–H and O–H groups in total. The number of hydrogen-bond donors (Lipinski definition) is 1. The fraction of sp³-hybridized carbons (Fsp3) is 1.00. The van der Waals surface area contributed by atoms with E-state index in [0.29, 0.717) is 0 Å². The fourth-order valence-electron chi connectivity index (χ4n) is 0. The lowest BCUT2D eigenvalue weighted by Crippen LogP contribution is -2.45. The average Bonchev–Trinajstić information content (AvgIpc) is 1.31. The minimum atomic E-state index is -1.75. The van der Waals surface area contributed by atoms with Gasteiger partial charge in [0.05, 0.1) is 0 Å².